The lowest BCUT2D eigenvalue weighted by Gasteiger charge is -2.31. The van der Waals surface area contributed by atoms with Crippen LogP contribution in [0.15, 0.2) is 0 Å². The summed E-state index contributed by atoms with van der Waals surface area (Å²) in [6.45, 7) is 4.21. The van der Waals surface area contributed by atoms with Gasteiger partial charge in [0.25, 0.3) is 0 Å². The zero-order chi connectivity index (χ0) is 8.97. The molecule has 1 fully saturated rings. The predicted molar refractivity (Wildman–Crippen MR) is 51.1 cm³/mol. The van der Waals surface area contributed by atoms with Crippen molar-refractivity contribution in [1.82, 2.24) is 4.90 Å². The Morgan fingerprint density at radius 3 is 2.50 bits per heavy atom. The van der Waals surface area contributed by atoms with Gasteiger partial charge in [-0.1, -0.05) is 19.8 Å². The van der Waals surface area contributed by atoms with Crippen LogP contribution in [0.1, 0.15) is 32.6 Å². The summed E-state index contributed by atoms with van der Waals surface area (Å²) in [5, 5.41) is 7.26. The largest absolute Gasteiger partial charge is 0.370 e. The van der Waals surface area contributed by atoms with Gasteiger partial charge in [-0.15, -0.1) is 0 Å². The standard InChI is InChI=1S/C9H19N3/c1-2-3-8-4-6-12(7-5-8)9(10)11/h8H,2-7H2,1H3,(H3,10,11). The van der Waals surface area contributed by atoms with Gasteiger partial charge in [0.2, 0.25) is 0 Å². The molecule has 3 heteroatoms. The van der Waals surface area contributed by atoms with Gasteiger partial charge in [-0.2, -0.15) is 0 Å². The van der Waals surface area contributed by atoms with Crippen molar-refractivity contribution in [2.45, 2.75) is 32.6 Å². The minimum atomic E-state index is 0.241. The Morgan fingerprint density at radius 1 is 1.50 bits per heavy atom. The zero-order valence-corrected chi connectivity index (χ0v) is 7.84. The number of guanidine groups is 1. The third-order valence-corrected chi connectivity index (χ3v) is 2.65. The minimum absolute atomic E-state index is 0.241. The van der Waals surface area contributed by atoms with Crippen molar-refractivity contribution < 1.29 is 0 Å². The molecule has 0 aromatic heterocycles. The molecule has 1 rings (SSSR count). The van der Waals surface area contributed by atoms with E-state index in [1.54, 1.807) is 0 Å². The summed E-state index contributed by atoms with van der Waals surface area (Å²) >= 11 is 0. The molecule has 3 N–H and O–H groups in total. The van der Waals surface area contributed by atoms with E-state index in [0.29, 0.717) is 0 Å². The fourth-order valence-corrected chi connectivity index (χ4v) is 1.87. The molecular formula is C9H19N3. The van der Waals surface area contributed by atoms with Gasteiger partial charge in [0, 0.05) is 13.1 Å². The van der Waals surface area contributed by atoms with Crippen molar-refractivity contribution in [3.63, 3.8) is 0 Å². The lowest BCUT2D eigenvalue weighted by atomic mass is 9.93. The van der Waals surface area contributed by atoms with Crippen LogP contribution in [0, 0.1) is 11.3 Å². The highest BCUT2D eigenvalue weighted by Crippen LogP contribution is 2.20. The number of piperidine rings is 1. The second kappa shape index (κ2) is 4.33. The monoisotopic (exact) mass is 169 g/mol. The third-order valence-electron chi connectivity index (χ3n) is 2.65. The van der Waals surface area contributed by atoms with E-state index in [4.69, 9.17) is 11.1 Å². The van der Waals surface area contributed by atoms with Gasteiger partial charge in [0.05, 0.1) is 0 Å². The lowest BCUT2D eigenvalue weighted by molar-refractivity contribution is 0.252. The van der Waals surface area contributed by atoms with Crippen LogP contribution in [-0.2, 0) is 0 Å². The molecular weight excluding hydrogens is 150 g/mol. The average molecular weight is 169 g/mol. The second-order valence-corrected chi connectivity index (χ2v) is 3.60. The van der Waals surface area contributed by atoms with Crippen molar-refractivity contribution in [3.8, 4) is 0 Å². The highest BCUT2D eigenvalue weighted by Gasteiger charge is 2.18. The van der Waals surface area contributed by atoms with Crippen LogP contribution in [0.5, 0.6) is 0 Å². The van der Waals surface area contributed by atoms with Crippen LogP contribution in [0.4, 0.5) is 0 Å². The molecule has 1 aliphatic rings. The van der Waals surface area contributed by atoms with E-state index in [1.165, 1.54) is 25.7 Å². The van der Waals surface area contributed by atoms with E-state index >= 15 is 0 Å². The molecule has 0 aromatic carbocycles. The first-order valence-electron chi connectivity index (χ1n) is 4.83. The molecule has 0 amide bonds. The van der Waals surface area contributed by atoms with Gasteiger partial charge >= 0.3 is 0 Å². The summed E-state index contributed by atoms with van der Waals surface area (Å²) in [4.78, 5) is 1.96. The molecule has 1 heterocycles. The molecule has 0 unspecified atom stereocenters. The van der Waals surface area contributed by atoms with E-state index in [2.05, 4.69) is 6.92 Å². The number of likely N-dealkylation sites (tertiary alicyclic amines) is 1. The van der Waals surface area contributed by atoms with Crippen LogP contribution < -0.4 is 5.73 Å². The van der Waals surface area contributed by atoms with E-state index in [0.717, 1.165) is 19.0 Å². The first-order chi connectivity index (χ1) is 5.74. The first kappa shape index (κ1) is 9.36. The normalized spacial score (nSPS) is 19.6. The molecule has 3 nitrogen and oxygen atoms in total. The number of nitrogens with one attached hydrogen (secondary N) is 1. The molecule has 0 spiro atoms. The molecule has 0 aliphatic carbocycles. The summed E-state index contributed by atoms with van der Waals surface area (Å²) in [6, 6.07) is 0. The SMILES string of the molecule is CCCC1CCN(C(=N)N)CC1. The van der Waals surface area contributed by atoms with Crippen molar-refractivity contribution in [3.05, 3.63) is 0 Å². The molecule has 0 bridgehead atoms. The molecule has 70 valence electrons. The van der Waals surface area contributed by atoms with Crippen LogP contribution in [0.25, 0.3) is 0 Å². The Bertz CT molecular complexity index is 148. The quantitative estimate of drug-likeness (QED) is 0.485. The molecule has 0 atom stereocenters. The fourth-order valence-electron chi connectivity index (χ4n) is 1.87. The topological polar surface area (TPSA) is 53.1 Å². The Kier molecular flexibility index (Phi) is 3.38. The van der Waals surface area contributed by atoms with Crippen LogP contribution in [0.2, 0.25) is 0 Å². The first-order valence-corrected chi connectivity index (χ1v) is 4.83. The molecule has 0 saturated carbocycles. The van der Waals surface area contributed by atoms with Crippen molar-refractivity contribution in [2.24, 2.45) is 11.7 Å². The van der Waals surface area contributed by atoms with Crippen LogP contribution in [0.3, 0.4) is 0 Å². The smallest absolute Gasteiger partial charge is 0.188 e. The fraction of sp³-hybridized carbons (Fsp3) is 0.889. The summed E-state index contributed by atoms with van der Waals surface area (Å²) < 4.78 is 0. The van der Waals surface area contributed by atoms with Gasteiger partial charge in [-0.25, -0.2) is 0 Å². The van der Waals surface area contributed by atoms with Gasteiger partial charge < -0.3 is 10.6 Å². The molecule has 1 saturated heterocycles. The highest BCUT2D eigenvalue weighted by molar-refractivity contribution is 5.74. The summed E-state index contributed by atoms with van der Waals surface area (Å²) in [7, 11) is 0. The zero-order valence-electron chi connectivity index (χ0n) is 7.84. The van der Waals surface area contributed by atoms with Crippen LogP contribution >= 0.6 is 0 Å². The van der Waals surface area contributed by atoms with Gasteiger partial charge in [-0.05, 0) is 18.8 Å². The predicted octanol–water partition coefficient (Wildman–Crippen LogP) is 1.39. The number of nitrogens with zero attached hydrogens (tertiary/aromatic N) is 1. The number of hydrogen-bond donors (Lipinski definition) is 2. The maximum absolute atomic E-state index is 7.26. The average Bonchev–Trinajstić information content (AvgIpc) is 2.06. The third kappa shape index (κ3) is 2.40. The molecule has 1 aliphatic heterocycles. The van der Waals surface area contributed by atoms with Crippen molar-refractivity contribution in [2.75, 3.05) is 13.1 Å². The van der Waals surface area contributed by atoms with Crippen molar-refractivity contribution >= 4 is 5.96 Å². The minimum Gasteiger partial charge on any atom is -0.370 e. The van der Waals surface area contributed by atoms with Gasteiger partial charge in [-0.3, -0.25) is 5.41 Å². The second-order valence-electron chi connectivity index (χ2n) is 3.60. The maximum atomic E-state index is 7.26. The number of hydrogen-bond acceptors (Lipinski definition) is 1. The summed E-state index contributed by atoms with van der Waals surface area (Å²) in [5.41, 5.74) is 5.40. The number of nitrogens with two attached hydrogens (primary N) is 1. The van der Waals surface area contributed by atoms with E-state index in [1.807, 2.05) is 4.90 Å². The molecule has 0 aromatic rings. The van der Waals surface area contributed by atoms with E-state index in [9.17, 15) is 0 Å². The molecule has 12 heavy (non-hydrogen) atoms. The Morgan fingerprint density at radius 2 is 2.08 bits per heavy atom. The van der Waals surface area contributed by atoms with E-state index in [-0.39, 0.29) is 5.96 Å². The Balaban J connectivity index is 2.25. The van der Waals surface area contributed by atoms with E-state index < -0.39 is 0 Å². The van der Waals surface area contributed by atoms with Gasteiger partial charge in [0.15, 0.2) is 5.96 Å². The summed E-state index contributed by atoms with van der Waals surface area (Å²) in [6.07, 6.45) is 5.05. The molecule has 0 radical (unpaired) electrons. The lowest BCUT2D eigenvalue weighted by Crippen LogP contribution is -2.42. The highest BCUT2D eigenvalue weighted by atomic mass is 15.2. The Labute approximate surface area is 74.4 Å². The summed E-state index contributed by atoms with van der Waals surface area (Å²) in [5.74, 6) is 1.12. The van der Waals surface area contributed by atoms with Crippen LogP contribution in [-0.4, -0.2) is 23.9 Å². The maximum Gasteiger partial charge on any atom is 0.188 e. The van der Waals surface area contributed by atoms with Gasteiger partial charge in [0.1, 0.15) is 0 Å². The van der Waals surface area contributed by atoms with Crippen molar-refractivity contribution in [1.29, 1.82) is 5.41 Å². The number of rotatable bonds is 2. The Hall–Kier alpha value is -0.730.